The summed E-state index contributed by atoms with van der Waals surface area (Å²) >= 11 is 1.01. The van der Waals surface area contributed by atoms with E-state index in [0.717, 1.165) is 16.2 Å². The maximum Gasteiger partial charge on any atom is 0.344 e. The van der Waals surface area contributed by atoms with Crippen molar-refractivity contribution in [1.82, 2.24) is 20.5 Å². The second-order valence-electron chi connectivity index (χ2n) is 9.68. The third kappa shape index (κ3) is 5.30. The molecule has 0 unspecified atom stereocenters. The average Bonchev–Trinajstić information content (AvgIpc) is 3.57. The van der Waals surface area contributed by atoms with Crippen LogP contribution in [-0.2, 0) is 35.9 Å². The number of allylic oxidation sites excluding steroid dienone is 2. The molecule has 0 bridgehead atoms. The molecule has 2 aromatic rings. The van der Waals surface area contributed by atoms with Crippen LogP contribution in [0.5, 0.6) is 0 Å². The number of hydrogen-bond donors (Lipinski definition) is 4. The number of nitrogen functional groups attached to an aromatic ring is 1. The Morgan fingerprint density at radius 3 is 2.76 bits per heavy atom. The van der Waals surface area contributed by atoms with E-state index in [0.29, 0.717) is 35.2 Å². The van der Waals surface area contributed by atoms with Crippen LogP contribution in [0.4, 0.5) is 5.13 Å². The van der Waals surface area contributed by atoms with E-state index in [1.54, 1.807) is 36.1 Å². The highest BCUT2D eigenvalue weighted by Crippen LogP contribution is 2.43. The summed E-state index contributed by atoms with van der Waals surface area (Å²) in [4.78, 5) is 72.4. The second-order valence-corrected chi connectivity index (χ2v) is 10.6. The number of pyridine rings is 1. The first kappa shape index (κ1) is 28.4. The molecule has 218 valence electrons. The molecule has 2 saturated heterocycles. The van der Waals surface area contributed by atoms with Gasteiger partial charge in [0.1, 0.15) is 18.8 Å². The van der Waals surface area contributed by atoms with Crippen LogP contribution in [0.15, 0.2) is 51.9 Å². The van der Waals surface area contributed by atoms with Crippen LogP contribution in [0.25, 0.3) is 5.57 Å². The van der Waals surface area contributed by atoms with Crippen molar-refractivity contribution >= 4 is 57.4 Å². The van der Waals surface area contributed by atoms with E-state index in [4.69, 9.17) is 15.7 Å². The van der Waals surface area contributed by atoms with Crippen molar-refractivity contribution < 1.29 is 43.6 Å². The van der Waals surface area contributed by atoms with E-state index in [-0.39, 0.29) is 35.3 Å². The number of nitrogens with one attached hydrogen (secondary N) is 2. The fraction of sp³-hybridized carbons (Fsp3) is 0.308. The van der Waals surface area contributed by atoms with Gasteiger partial charge < -0.3 is 41.1 Å². The van der Waals surface area contributed by atoms with Crippen molar-refractivity contribution in [2.45, 2.75) is 31.3 Å². The molecule has 16 heteroatoms. The lowest BCUT2D eigenvalue weighted by Crippen LogP contribution is -2.72. The van der Waals surface area contributed by atoms with Crippen LogP contribution in [0.2, 0.25) is 0 Å². The maximum atomic E-state index is 13.4. The molecule has 42 heavy (non-hydrogen) atoms. The zero-order valence-electron chi connectivity index (χ0n) is 22.2. The molecule has 2 atom stereocenters. The number of hydrogen-bond acceptors (Lipinski definition) is 11. The van der Waals surface area contributed by atoms with Gasteiger partial charge in [0.25, 0.3) is 11.8 Å². The summed E-state index contributed by atoms with van der Waals surface area (Å²) < 4.78 is 1.77. The zero-order valence-corrected chi connectivity index (χ0v) is 23.0. The van der Waals surface area contributed by atoms with Gasteiger partial charge in [-0.25, -0.2) is 14.3 Å². The molecule has 15 nitrogen and oxygen atoms in total. The number of nitrogens with two attached hydrogens (primary N) is 1. The van der Waals surface area contributed by atoms with Gasteiger partial charge in [0, 0.05) is 34.7 Å². The number of amides is 3. The fourth-order valence-electron chi connectivity index (χ4n) is 5.28. The molecule has 0 aromatic carbocycles. The Balaban J connectivity index is 1.47. The summed E-state index contributed by atoms with van der Waals surface area (Å²) in [6, 6.07) is 1.69. The van der Waals surface area contributed by atoms with Gasteiger partial charge in [-0.3, -0.25) is 14.4 Å². The van der Waals surface area contributed by atoms with Crippen LogP contribution in [-0.4, -0.2) is 75.6 Å². The number of thiazole rings is 1. The van der Waals surface area contributed by atoms with Crippen LogP contribution in [0.1, 0.15) is 30.5 Å². The molecule has 0 spiro atoms. The fourth-order valence-corrected chi connectivity index (χ4v) is 5.83. The number of anilines is 1. The molecule has 5 N–H and O–H groups in total. The lowest BCUT2D eigenvalue weighted by atomic mass is 9.79. The standard InChI is InChI=1S/C26H25N7O8S/c1-32-8-2-3-12(9-32)18(14-6-7-28-22(14)36)13-4-5-16-20(24(38)33(16)21(13)25(39)40)30-23(37)19(31-41-10-17(34)35)15-11-42-26(27)29-15/h2-3,8-9,11,16,20H,4-7,10H2,1H3,(H5-,27,28,29,30,34,35,36,37,39,40)/t16-,20+/m1/s1. The van der Waals surface area contributed by atoms with E-state index >= 15 is 0 Å². The van der Waals surface area contributed by atoms with Gasteiger partial charge in [0.2, 0.25) is 12.5 Å². The first-order chi connectivity index (χ1) is 20.1. The molecule has 0 radical (unpaired) electrons. The van der Waals surface area contributed by atoms with E-state index < -0.39 is 48.2 Å². The number of aryl methyl sites for hydroxylation is 1. The van der Waals surface area contributed by atoms with E-state index in [1.165, 1.54) is 5.38 Å². The number of fused-ring (bicyclic) bond motifs is 1. The monoisotopic (exact) mass is 595 g/mol. The van der Waals surface area contributed by atoms with E-state index in [2.05, 4.69) is 20.8 Å². The van der Waals surface area contributed by atoms with E-state index in [1.807, 2.05) is 0 Å². The van der Waals surface area contributed by atoms with E-state index in [9.17, 15) is 29.1 Å². The molecule has 2 aromatic heterocycles. The third-order valence-electron chi connectivity index (χ3n) is 7.01. The number of nitrogens with zero attached hydrogens (tertiary/aromatic N) is 4. The molecule has 5 rings (SSSR count). The van der Waals surface area contributed by atoms with Crippen molar-refractivity contribution in [3.8, 4) is 0 Å². The number of carboxylic acids is 2. The molecular weight excluding hydrogens is 570 g/mol. The first-order valence-corrected chi connectivity index (χ1v) is 13.6. The molecule has 5 heterocycles. The largest absolute Gasteiger partial charge is 0.543 e. The minimum atomic E-state index is -1.59. The summed E-state index contributed by atoms with van der Waals surface area (Å²) in [5, 5.41) is 31.8. The number of carboxylic acid groups (broad SMARTS) is 2. The highest BCUT2D eigenvalue weighted by Gasteiger charge is 2.53. The molecule has 0 saturated carbocycles. The molecule has 0 aliphatic carbocycles. The highest BCUT2D eigenvalue weighted by atomic mass is 32.1. The minimum absolute atomic E-state index is 0.00685. The number of β-lactam (4-membered cyclic amide) rings is 1. The Kier molecular flexibility index (Phi) is 7.71. The van der Waals surface area contributed by atoms with Crippen molar-refractivity contribution in [2.75, 3.05) is 18.9 Å². The smallest absolute Gasteiger partial charge is 0.344 e. The number of rotatable bonds is 9. The van der Waals surface area contributed by atoms with Crippen molar-refractivity contribution in [2.24, 2.45) is 12.2 Å². The third-order valence-corrected chi connectivity index (χ3v) is 7.68. The van der Waals surface area contributed by atoms with Gasteiger partial charge in [-0.2, -0.15) is 0 Å². The summed E-state index contributed by atoms with van der Waals surface area (Å²) in [5.41, 5.74) is 6.66. The normalized spacial score (nSPS) is 21.4. The highest BCUT2D eigenvalue weighted by molar-refractivity contribution is 7.13. The van der Waals surface area contributed by atoms with Crippen LogP contribution in [0.3, 0.4) is 0 Å². The quantitative estimate of drug-likeness (QED) is 0.0807. The first-order valence-electron chi connectivity index (χ1n) is 12.8. The molecule has 3 aliphatic heterocycles. The van der Waals surface area contributed by atoms with Gasteiger partial charge in [0.05, 0.1) is 17.7 Å². The van der Waals surface area contributed by atoms with Crippen LogP contribution >= 0.6 is 11.3 Å². The Morgan fingerprint density at radius 1 is 1.36 bits per heavy atom. The topological polar surface area (TPSA) is 220 Å². The Bertz CT molecular complexity index is 1610. The number of carbonyl (C=O) groups is 5. The number of oxime groups is 1. The van der Waals surface area contributed by atoms with Gasteiger partial charge in [0.15, 0.2) is 23.2 Å². The Labute approximate surface area is 242 Å². The lowest BCUT2D eigenvalue weighted by Gasteiger charge is -2.51. The van der Waals surface area contributed by atoms with Gasteiger partial charge in [-0.05, 0) is 30.9 Å². The number of carbonyl (C=O) groups excluding carboxylic acids is 4. The van der Waals surface area contributed by atoms with Crippen molar-refractivity contribution in [3.63, 3.8) is 0 Å². The van der Waals surface area contributed by atoms with Crippen LogP contribution < -0.4 is 26.0 Å². The minimum Gasteiger partial charge on any atom is -0.543 e. The summed E-state index contributed by atoms with van der Waals surface area (Å²) in [7, 11) is 1.79. The van der Waals surface area contributed by atoms with Crippen molar-refractivity contribution in [1.29, 1.82) is 0 Å². The summed E-state index contributed by atoms with van der Waals surface area (Å²) in [5.74, 6) is -4.83. The van der Waals surface area contributed by atoms with Gasteiger partial charge >= 0.3 is 5.97 Å². The molecule has 3 aliphatic rings. The number of aliphatic carboxylic acids is 2. The van der Waals surface area contributed by atoms with Gasteiger partial charge in [-0.1, -0.05) is 5.16 Å². The molecule has 2 fully saturated rings. The summed E-state index contributed by atoms with van der Waals surface area (Å²) in [6.07, 6.45) is 4.38. The Hall–Kier alpha value is -5.12. The number of aromatic nitrogens is 2. The van der Waals surface area contributed by atoms with Gasteiger partial charge in [-0.15, -0.1) is 11.3 Å². The second kappa shape index (κ2) is 11.4. The zero-order chi connectivity index (χ0) is 30.1. The molecular formula is C26H25N7O8S. The average molecular weight is 596 g/mol. The molecule has 3 amide bonds. The summed E-state index contributed by atoms with van der Waals surface area (Å²) in [6.45, 7) is -0.429. The SMILES string of the molecule is C[n+]1cccc(C(=C2CCNC2=O)C2=C(C(=O)[O-])N3C(=O)[C@@H](NC(=O)C(=NOCC(=O)O)c4csc(N)n4)[C@H]3CC2)c1. The predicted molar refractivity (Wildman–Crippen MR) is 143 cm³/mol. The Morgan fingerprint density at radius 2 is 2.14 bits per heavy atom. The van der Waals surface area contributed by atoms with Crippen molar-refractivity contribution in [3.05, 3.63) is 58.0 Å². The lowest BCUT2D eigenvalue weighted by molar-refractivity contribution is -0.671. The maximum absolute atomic E-state index is 13.4. The van der Waals surface area contributed by atoms with Crippen LogP contribution in [0, 0.1) is 0 Å². The predicted octanol–water partition coefficient (Wildman–Crippen LogP) is -2.18.